The molecule has 0 aliphatic carbocycles. The van der Waals surface area contributed by atoms with Crippen LogP contribution in [0.2, 0.25) is 0 Å². The number of anilines is 1. The Labute approximate surface area is 152 Å². The van der Waals surface area contributed by atoms with Crippen LogP contribution in [0, 0.1) is 11.3 Å². The molecule has 1 aromatic carbocycles. The molecule has 7 nitrogen and oxygen atoms in total. The average Bonchev–Trinajstić information content (AvgIpc) is 3.17. The lowest BCUT2D eigenvalue weighted by atomic mass is 10.1. The number of hydrogen-bond acceptors (Lipinski definition) is 6. The zero-order valence-corrected chi connectivity index (χ0v) is 14.8. The molecule has 0 bridgehead atoms. The molecule has 0 saturated carbocycles. The molecular formula is C19H21N3O4. The van der Waals surface area contributed by atoms with Gasteiger partial charge in [-0.1, -0.05) is 12.1 Å². The second kappa shape index (κ2) is 9.28. The van der Waals surface area contributed by atoms with E-state index in [1.54, 1.807) is 43.6 Å². The van der Waals surface area contributed by atoms with Gasteiger partial charge in [-0.25, -0.2) is 4.79 Å². The van der Waals surface area contributed by atoms with Crippen molar-refractivity contribution in [2.75, 3.05) is 18.9 Å². The maximum absolute atomic E-state index is 12.5. The Hall–Kier alpha value is -3.27. The highest BCUT2D eigenvalue weighted by Gasteiger charge is 2.23. The number of ether oxygens (including phenoxy) is 1. The van der Waals surface area contributed by atoms with Crippen LogP contribution < -0.4 is 5.32 Å². The van der Waals surface area contributed by atoms with E-state index in [-0.39, 0.29) is 12.3 Å². The van der Waals surface area contributed by atoms with Crippen LogP contribution in [-0.4, -0.2) is 36.5 Å². The van der Waals surface area contributed by atoms with E-state index in [4.69, 9.17) is 14.4 Å². The minimum absolute atomic E-state index is 0.225. The second-order valence-corrected chi connectivity index (χ2v) is 5.69. The zero-order chi connectivity index (χ0) is 18.9. The first kappa shape index (κ1) is 19.1. The predicted octanol–water partition coefficient (Wildman–Crippen LogP) is 2.81. The first-order valence-corrected chi connectivity index (χ1v) is 8.21. The molecule has 2 aromatic rings. The molecule has 1 aromatic heterocycles. The van der Waals surface area contributed by atoms with Crippen molar-refractivity contribution in [3.63, 3.8) is 0 Å². The van der Waals surface area contributed by atoms with Crippen molar-refractivity contribution in [2.24, 2.45) is 0 Å². The average molecular weight is 355 g/mol. The first-order valence-electron chi connectivity index (χ1n) is 8.21. The van der Waals surface area contributed by atoms with E-state index >= 15 is 0 Å². The van der Waals surface area contributed by atoms with Gasteiger partial charge in [-0.05, 0) is 31.2 Å². The third kappa shape index (κ3) is 5.11. The first-order chi connectivity index (χ1) is 12.5. The van der Waals surface area contributed by atoms with Crippen molar-refractivity contribution >= 4 is 17.6 Å². The number of amides is 1. The topological polar surface area (TPSA) is 95.6 Å². The summed E-state index contributed by atoms with van der Waals surface area (Å²) in [6.45, 7) is 2.23. The van der Waals surface area contributed by atoms with E-state index in [2.05, 4.69) is 5.32 Å². The summed E-state index contributed by atoms with van der Waals surface area (Å²) in [5, 5.41) is 11.7. The zero-order valence-electron chi connectivity index (χ0n) is 14.8. The van der Waals surface area contributed by atoms with Gasteiger partial charge in [0, 0.05) is 19.3 Å². The standard InChI is InChI=1S/C19H21N3O4/c1-14(18(23)22(2)11-6-10-20)26-19(24)16-8-3-4-9-17(16)21-13-15-7-5-12-25-15/h3-5,7-9,12,14,21H,6,11,13H2,1-2H3/t14-/m0/s1. The number of nitriles is 1. The maximum Gasteiger partial charge on any atom is 0.341 e. The molecule has 0 fully saturated rings. The van der Waals surface area contributed by atoms with Gasteiger partial charge >= 0.3 is 5.97 Å². The third-order valence-corrected chi connectivity index (χ3v) is 3.75. The number of hydrogen-bond donors (Lipinski definition) is 1. The van der Waals surface area contributed by atoms with E-state index in [9.17, 15) is 9.59 Å². The summed E-state index contributed by atoms with van der Waals surface area (Å²) in [6, 6.07) is 12.5. The van der Waals surface area contributed by atoms with E-state index in [0.29, 0.717) is 24.3 Å². The van der Waals surface area contributed by atoms with Gasteiger partial charge in [-0.15, -0.1) is 0 Å². The van der Waals surface area contributed by atoms with Gasteiger partial charge in [0.25, 0.3) is 5.91 Å². The fraction of sp³-hybridized carbons (Fsp3) is 0.316. The lowest BCUT2D eigenvalue weighted by Crippen LogP contribution is -2.38. The number of carbonyl (C=O) groups is 2. The minimum atomic E-state index is -0.940. The van der Waals surface area contributed by atoms with Gasteiger partial charge in [0.2, 0.25) is 0 Å². The van der Waals surface area contributed by atoms with Gasteiger partial charge in [0.05, 0.1) is 30.9 Å². The highest BCUT2D eigenvalue weighted by atomic mass is 16.5. The van der Waals surface area contributed by atoms with Crippen molar-refractivity contribution in [2.45, 2.75) is 26.0 Å². The van der Waals surface area contributed by atoms with E-state index in [0.717, 1.165) is 5.76 Å². The molecule has 0 spiro atoms. The van der Waals surface area contributed by atoms with Crippen molar-refractivity contribution in [1.82, 2.24) is 4.90 Å². The molecule has 0 aliphatic heterocycles. The van der Waals surface area contributed by atoms with Crippen LogP contribution in [0.1, 0.15) is 29.5 Å². The molecule has 0 saturated heterocycles. The largest absolute Gasteiger partial charge is 0.467 e. The lowest BCUT2D eigenvalue weighted by Gasteiger charge is -2.21. The van der Waals surface area contributed by atoms with Crippen LogP contribution in [0.4, 0.5) is 5.69 Å². The smallest absolute Gasteiger partial charge is 0.341 e. The van der Waals surface area contributed by atoms with E-state index < -0.39 is 12.1 Å². The normalized spacial score (nSPS) is 11.3. The molecule has 26 heavy (non-hydrogen) atoms. The van der Waals surface area contributed by atoms with Crippen molar-refractivity contribution in [3.8, 4) is 6.07 Å². The highest BCUT2D eigenvalue weighted by molar-refractivity contribution is 5.97. The van der Waals surface area contributed by atoms with Crippen molar-refractivity contribution in [1.29, 1.82) is 5.26 Å². The Kier molecular flexibility index (Phi) is 6.80. The van der Waals surface area contributed by atoms with Gasteiger partial charge in [0.15, 0.2) is 6.10 Å². The van der Waals surface area contributed by atoms with Crippen LogP contribution in [0.15, 0.2) is 47.1 Å². The fourth-order valence-corrected chi connectivity index (χ4v) is 2.32. The molecular weight excluding hydrogens is 334 g/mol. The Morgan fingerprint density at radius 2 is 2.08 bits per heavy atom. The van der Waals surface area contributed by atoms with Gasteiger partial charge in [-0.2, -0.15) is 5.26 Å². The van der Waals surface area contributed by atoms with Crippen LogP contribution in [0.25, 0.3) is 0 Å². The maximum atomic E-state index is 12.5. The SMILES string of the molecule is C[C@H](OC(=O)c1ccccc1NCc1ccco1)C(=O)N(C)CCC#N. The number of benzene rings is 1. The van der Waals surface area contributed by atoms with Crippen molar-refractivity contribution in [3.05, 3.63) is 54.0 Å². The summed E-state index contributed by atoms with van der Waals surface area (Å²) in [4.78, 5) is 26.0. The quantitative estimate of drug-likeness (QED) is 0.732. The lowest BCUT2D eigenvalue weighted by molar-refractivity contribution is -0.138. The summed E-state index contributed by atoms with van der Waals surface area (Å²) < 4.78 is 10.6. The summed E-state index contributed by atoms with van der Waals surface area (Å²) in [6.07, 6.45) is 0.861. The molecule has 0 aliphatic rings. The number of carbonyl (C=O) groups excluding carboxylic acids is 2. The van der Waals surface area contributed by atoms with Gasteiger partial charge < -0.3 is 19.4 Å². The third-order valence-electron chi connectivity index (χ3n) is 3.75. The number of rotatable bonds is 8. The summed E-state index contributed by atoms with van der Waals surface area (Å²) in [5.41, 5.74) is 0.921. The Morgan fingerprint density at radius 3 is 2.77 bits per heavy atom. The van der Waals surface area contributed by atoms with E-state index in [1.165, 1.54) is 11.8 Å². The molecule has 1 atom stereocenters. The Morgan fingerprint density at radius 1 is 1.31 bits per heavy atom. The number of nitrogens with one attached hydrogen (secondary N) is 1. The van der Waals surface area contributed by atoms with Crippen LogP contribution >= 0.6 is 0 Å². The van der Waals surface area contributed by atoms with E-state index in [1.807, 2.05) is 12.1 Å². The second-order valence-electron chi connectivity index (χ2n) is 5.69. The summed E-state index contributed by atoms with van der Waals surface area (Å²) >= 11 is 0. The Balaban J connectivity index is 2.00. The van der Waals surface area contributed by atoms with Crippen molar-refractivity contribution < 1.29 is 18.7 Å². The molecule has 7 heteroatoms. The molecule has 1 heterocycles. The molecule has 0 radical (unpaired) electrons. The number of likely N-dealkylation sites (N-methyl/N-ethyl adjacent to an activating group) is 1. The van der Waals surface area contributed by atoms with Crippen LogP contribution in [-0.2, 0) is 16.1 Å². The fourth-order valence-electron chi connectivity index (χ4n) is 2.32. The number of furan rings is 1. The van der Waals surface area contributed by atoms with Crippen LogP contribution in [0.3, 0.4) is 0 Å². The predicted molar refractivity (Wildman–Crippen MR) is 95.2 cm³/mol. The number of esters is 1. The van der Waals surface area contributed by atoms with Crippen LogP contribution in [0.5, 0.6) is 0 Å². The summed E-state index contributed by atoms with van der Waals surface area (Å²) in [5.74, 6) is -0.215. The highest BCUT2D eigenvalue weighted by Crippen LogP contribution is 2.18. The number of nitrogens with zero attached hydrogens (tertiary/aromatic N) is 2. The Bertz CT molecular complexity index is 780. The van der Waals surface area contributed by atoms with Gasteiger partial charge in [-0.3, -0.25) is 4.79 Å². The molecule has 0 unspecified atom stereocenters. The molecule has 136 valence electrons. The molecule has 1 N–H and O–H groups in total. The van der Waals surface area contributed by atoms with Gasteiger partial charge in [0.1, 0.15) is 5.76 Å². The molecule has 2 rings (SSSR count). The minimum Gasteiger partial charge on any atom is -0.467 e. The monoisotopic (exact) mass is 355 g/mol. The molecule has 1 amide bonds. The summed E-state index contributed by atoms with van der Waals surface area (Å²) in [7, 11) is 1.57. The number of para-hydroxylation sites is 1.